The van der Waals surface area contributed by atoms with Gasteiger partial charge in [0.05, 0.1) is 17.7 Å². The number of benzene rings is 3. The molecular weight excluding hydrogens is 430 g/mol. The minimum absolute atomic E-state index is 0.157. The van der Waals surface area contributed by atoms with Crippen molar-refractivity contribution >= 4 is 35.5 Å². The number of halogens is 1. The number of ether oxygens (including phenoxy) is 3. The zero-order chi connectivity index (χ0) is 22.7. The molecule has 0 aliphatic carbocycles. The normalized spacial score (nSPS) is 14.2. The van der Waals surface area contributed by atoms with E-state index in [1.54, 1.807) is 48.5 Å². The first-order valence-corrected chi connectivity index (χ1v) is 10.1. The predicted octanol–water partition coefficient (Wildman–Crippen LogP) is 5.22. The molecule has 3 aromatic carbocycles. The summed E-state index contributed by atoms with van der Waals surface area (Å²) >= 11 is 6.06. The monoisotopic (exact) mass is 447 g/mol. The molecule has 160 valence electrons. The summed E-state index contributed by atoms with van der Waals surface area (Å²) in [6.45, 7) is 1.95. The van der Waals surface area contributed by atoms with Crippen molar-refractivity contribution in [3.8, 4) is 11.5 Å². The summed E-state index contributed by atoms with van der Waals surface area (Å²) in [4.78, 5) is 29.1. The van der Waals surface area contributed by atoms with Crippen molar-refractivity contribution in [1.29, 1.82) is 0 Å². The van der Waals surface area contributed by atoms with Gasteiger partial charge >= 0.3 is 11.9 Å². The van der Waals surface area contributed by atoms with Gasteiger partial charge in [-0.05, 0) is 55.0 Å². The average molecular weight is 448 g/mol. The third kappa shape index (κ3) is 4.55. The molecule has 0 radical (unpaired) electrons. The predicted molar refractivity (Wildman–Crippen MR) is 121 cm³/mol. The number of hydrogen-bond donors (Lipinski definition) is 0. The zero-order valence-corrected chi connectivity index (χ0v) is 18.1. The Morgan fingerprint density at radius 3 is 2.59 bits per heavy atom. The van der Waals surface area contributed by atoms with E-state index in [9.17, 15) is 9.59 Å². The molecule has 1 heterocycles. The minimum atomic E-state index is -0.605. The largest absolute Gasteiger partial charge is 0.493 e. The highest BCUT2D eigenvalue weighted by atomic mass is 35.5. The Morgan fingerprint density at radius 2 is 1.84 bits per heavy atom. The lowest BCUT2D eigenvalue weighted by Crippen LogP contribution is -2.09. The fourth-order valence-corrected chi connectivity index (χ4v) is 3.32. The zero-order valence-electron chi connectivity index (χ0n) is 17.3. The van der Waals surface area contributed by atoms with Gasteiger partial charge in [-0.15, -0.1) is 0 Å². The SMILES string of the molecule is COc1cc(/C=C2\N=C(c3cccc(C)c3)OC2=O)ccc1OC(=O)c1ccccc1Cl. The quantitative estimate of drug-likeness (QED) is 0.304. The van der Waals surface area contributed by atoms with Crippen LogP contribution in [0.2, 0.25) is 5.02 Å². The van der Waals surface area contributed by atoms with E-state index in [1.807, 2.05) is 31.2 Å². The van der Waals surface area contributed by atoms with E-state index in [1.165, 1.54) is 7.11 Å². The lowest BCUT2D eigenvalue weighted by Gasteiger charge is -2.10. The van der Waals surface area contributed by atoms with Crippen LogP contribution in [0.1, 0.15) is 27.0 Å². The van der Waals surface area contributed by atoms with Crippen LogP contribution in [0.15, 0.2) is 77.4 Å². The van der Waals surface area contributed by atoms with E-state index in [0.29, 0.717) is 16.3 Å². The van der Waals surface area contributed by atoms with Crippen molar-refractivity contribution in [1.82, 2.24) is 0 Å². The second-order valence-electron chi connectivity index (χ2n) is 6.99. The molecule has 0 atom stereocenters. The van der Waals surface area contributed by atoms with Gasteiger partial charge in [-0.25, -0.2) is 14.6 Å². The maximum absolute atomic E-state index is 12.5. The number of carbonyl (C=O) groups is 2. The number of aryl methyl sites for hydroxylation is 1. The Balaban J connectivity index is 1.59. The molecule has 0 spiro atoms. The second-order valence-corrected chi connectivity index (χ2v) is 7.39. The number of rotatable bonds is 5. The Morgan fingerprint density at radius 1 is 1.03 bits per heavy atom. The molecule has 0 aromatic heterocycles. The highest BCUT2D eigenvalue weighted by Crippen LogP contribution is 2.31. The van der Waals surface area contributed by atoms with Crippen LogP contribution in [0, 0.1) is 6.92 Å². The summed E-state index contributed by atoms with van der Waals surface area (Å²) in [6.07, 6.45) is 1.58. The summed E-state index contributed by atoms with van der Waals surface area (Å²) in [7, 11) is 1.46. The molecule has 6 nitrogen and oxygen atoms in total. The fraction of sp³-hybridized carbons (Fsp3) is 0.0800. The van der Waals surface area contributed by atoms with Crippen LogP contribution < -0.4 is 9.47 Å². The van der Waals surface area contributed by atoms with Crippen LogP contribution in [0.4, 0.5) is 0 Å². The van der Waals surface area contributed by atoms with Gasteiger partial charge in [0.25, 0.3) is 0 Å². The van der Waals surface area contributed by atoms with Crippen LogP contribution in [0.25, 0.3) is 6.08 Å². The van der Waals surface area contributed by atoms with Gasteiger partial charge in [0, 0.05) is 5.56 Å². The molecular formula is C25H18ClNO5. The van der Waals surface area contributed by atoms with E-state index in [2.05, 4.69) is 4.99 Å². The Labute approximate surface area is 189 Å². The first kappa shape index (κ1) is 21.3. The summed E-state index contributed by atoms with van der Waals surface area (Å²) in [5.41, 5.74) is 2.78. The van der Waals surface area contributed by atoms with Crippen LogP contribution in [-0.2, 0) is 9.53 Å². The Hall–Kier alpha value is -3.90. The first-order chi connectivity index (χ1) is 15.4. The summed E-state index contributed by atoms with van der Waals surface area (Å²) < 4.78 is 16.1. The van der Waals surface area contributed by atoms with Crippen molar-refractivity contribution in [3.63, 3.8) is 0 Å². The molecule has 0 N–H and O–H groups in total. The molecule has 0 unspecified atom stereocenters. The van der Waals surface area contributed by atoms with Crippen LogP contribution in [0.5, 0.6) is 11.5 Å². The lowest BCUT2D eigenvalue weighted by molar-refractivity contribution is -0.129. The van der Waals surface area contributed by atoms with E-state index >= 15 is 0 Å². The molecule has 0 bridgehead atoms. The van der Waals surface area contributed by atoms with Crippen molar-refractivity contribution < 1.29 is 23.8 Å². The smallest absolute Gasteiger partial charge is 0.363 e. The van der Waals surface area contributed by atoms with E-state index in [-0.39, 0.29) is 22.9 Å². The Kier molecular flexibility index (Phi) is 6.05. The third-order valence-electron chi connectivity index (χ3n) is 4.67. The molecule has 3 aromatic rings. The standard InChI is InChI=1S/C25H18ClNO5/c1-15-6-5-7-17(12-15)23-27-20(25(29)32-23)13-16-10-11-21(22(14-16)30-2)31-24(28)18-8-3-4-9-19(18)26/h3-14H,1-2H3/b20-13-. The van der Waals surface area contributed by atoms with Gasteiger partial charge < -0.3 is 14.2 Å². The summed E-state index contributed by atoms with van der Waals surface area (Å²) in [5, 5.41) is 0.292. The molecule has 32 heavy (non-hydrogen) atoms. The van der Waals surface area contributed by atoms with Crippen LogP contribution >= 0.6 is 11.6 Å². The van der Waals surface area contributed by atoms with E-state index < -0.39 is 11.9 Å². The maximum Gasteiger partial charge on any atom is 0.363 e. The van der Waals surface area contributed by atoms with Crippen LogP contribution in [-0.4, -0.2) is 24.9 Å². The molecule has 4 rings (SSSR count). The van der Waals surface area contributed by atoms with Gasteiger partial charge in [0.2, 0.25) is 5.90 Å². The molecule has 0 fully saturated rings. The van der Waals surface area contributed by atoms with Gasteiger partial charge in [0.15, 0.2) is 17.2 Å². The molecule has 1 aliphatic heterocycles. The lowest BCUT2D eigenvalue weighted by atomic mass is 10.1. The fourth-order valence-electron chi connectivity index (χ4n) is 3.11. The number of hydrogen-bond acceptors (Lipinski definition) is 6. The van der Waals surface area contributed by atoms with E-state index in [0.717, 1.165) is 11.1 Å². The average Bonchev–Trinajstić information content (AvgIpc) is 3.15. The van der Waals surface area contributed by atoms with E-state index in [4.69, 9.17) is 25.8 Å². The minimum Gasteiger partial charge on any atom is -0.493 e. The van der Waals surface area contributed by atoms with Crippen LogP contribution in [0.3, 0.4) is 0 Å². The first-order valence-electron chi connectivity index (χ1n) is 9.69. The number of cyclic esters (lactones) is 1. The summed E-state index contributed by atoms with van der Waals surface area (Å²) in [5.74, 6) is -0.366. The number of esters is 2. The Bertz CT molecular complexity index is 1280. The van der Waals surface area contributed by atoms with Crippen molar-refractivity contribution in [3.05, 3.63) is 99.7 Å². The molecule has 1 aliphatic rings. The number of carbonyl (C=O) groups excluding carboxylic acids is 2. The topological polar surface area (TPSA) is 74.2 Å². The number of methoxy groups -OCH3 is 1. The van der Waals surface area contributed by atoms with Crippen molar-refractivity contribution in [2.24, 2.45) is 4.99 Å². The third-order valence-corrected chi connectivity index (χ3v) is 5.00. The van der Waals surface area contributed by atoms with Gasteiger partial charge in [0.1, 0.15) is 0 Å². The second kappa shape index (κ2) is 9.08. The number of aliphatic imine (C=N–C) groups is 1. The van der Waals surface area contributed by atoms with Gasteiger partial charge in [-0.3, -0.25) is 0 Å². The van der Waals surface area contributed by atoms with Gasteiger partial charge in [-0.2, -0.15) is 0 Å². The maximum atomic E-state index is 12.5. The van der Waals surface area contributed by atoms with Crippen molar-refractivity contribution in [2.45, 2.75) is 6.92 Å². The molecule has 0 saturated carbocycles. The molecule has 7 heteroatoms. The highest BCUT2D eigenvalue weighted by Gasteiger charge is 2.24. The molecule has 0 saturated heterocycles. The van der Waals surface area contributed by atoms with Gasteiger partial charge in [-0.1, -0.05) is 47.5 Å². The number of nitrogens with zero attached hydrogens (tertiary/aromatic N) is 1. The van der Waals surface area contributed by atoms with Crippen molar-refractivity contribution in [2.75, 3.05) is 7.11 Å². The summed E-state index contributed by atoms with van der Waals surface area (Å²) in [6, 6.07) is 19.0. The highest BCUT2D eigenvalue weighted by molar-refractivity contribution is 6.33. The molecule has 0 amide bonds.